The summed E-state index contributed by atoms with van der Waals surface area (Å²) in [7, 11) is 1.88. The van der Waals surface area contributed by atoms with Gasteiger partial charge in [-0.25, -0.2) is 0 Å². The number of nitrogens with zero attached hydrogens (tertiary/aromatic N) is 1. The summed E-state index contributed by atoms with van der Waals surface area (Å²) in [4.78, 5) is 1.78. The molecule has 1 aliphatic heterocycles. The Kier molecular flexibility index (Phi) is 1.02. The van der Waals surface area contributed by atoms with Crippen LogP contribution in [0, 0.1) is 6.20 Å². The van der Waals surface area contributed by atoms with Gasteiger partial charge in [0.1, 0.15) is 18.7 Å². The maximum atomic E-state index is 4.68. The van der Waals surface area contributed by atoms with E-state index in [-0.39, 0.29) is 0 Å². The van der Waals surface area contributed by atoms with Crippen molar-refractivity contribution in [3.8, 4) is 0 Å². The molecule has 0 N–H and O–H groups in total. The number of hydrogen-bond donors (Lipinski definition) is 0. The summed E-state index contributed by atoms with van der Waals surface area (Å²) in [5.41, 5.74) is 0. The minimum atomic E-state index is 1.50. The fourth-order valence-corrected chi connectivity index (χ4v) is 0.322. The van der Waals surface area contributed by atoms with E-state index in [2.05, 4.69) is 10.9 Å². The van der Waals surface area contributed by atoms with E-state index >= 15 is 0 Å². The Hall–Kier alpha value is -0.920. The summed E-state index contributed by atoms with van der Waals surface area (Å²) in [6.07, 6.45) is 7.65. The molecule has 1 rings (SSSR count). The van der Waals surface area contributed by atoms with Gasteiger partial charge in [-0.3, -0.25) is 0 Å². The molecular formula is C5H6NO. The largest absolute Gasteiger partial charge is 0.469 e. The average molecular weight is 96.1 g/mol. The molecule has 37 valence electrons. The van der Waals surface area contributed by atoms with Crippen molar-refractivity contribution in [1.29, 1.82) is 0 Å². The quantitative estimate of drug-likeness (QED) is 0.440. The van der Waals surface area contributed by atoms with Gasteiger partial charge in [0.05, 0.1) is 0 Å². The van der Waals surface area contributed by atoms with Gasteiger partial charge in [0.2, 0.25) is 0 Å². The van der Waals surface area contributed by atoms with Crippen molar-refractivity contribution in [2.24, 2.45) is 0 Å². The molecule has 0 bridgehead atoms. The van der Waals surface area contributed by atoms with Gasteiger partial charge in [-0.05, 0) is 0 Å². The van der Waals surface area contributed by atoms with Gasteiger partial charge in [0.15, 0.2) is 0 Å². The van der Waals surface area contributed by atoms with E-state index < -0.39 is 0 Å². The zero-order chi connectivity index (χ0) is 5.11. The van der Waals surface area contributed by atoms with Gasteiger partial charge in [-0.1, -0.05) is 0 Å². The highest BCUT2D eigenvalue weighted by molar-refractivity contribution is 4.83. The van der Waals surface area contributed by atoms with Crippen LogP contribution < -0.4 is 0 Å². The average Bonchev–Trinajstić information content (AvgIpc) is 1.69. The minimum absolute atomic E-state index is 1.50. The molecule has 2 nitrogen and oxygen atoms in total. The fraction of sp³-hybridized carbons (Fsp3) is 0.200. The maximum Gasteiger partial charge on any atom is 0.116 e. The van der Waals surface area contributed by atoms with Crippen LogP contribution in [0.5, 0.6) is 0 Å². The van der Waals surface area contributed by atoms with Gasteiger partial charge in [0.25, 0.3) is 0 Å². The van der Waals surface area contributed by atoms with E-state index in [0.29, 0.717) is 0 Å². The minimum Gasteiger partial charge on any atom is -0.469 e. The molecule has 2 heteroatoms. The zero-order valence-electron chi connectivity index (χ0n) is 4.09. The van der Waals surface area contributed by atoms with E-state index in [4.69, 9.17) is 0 Å². The number of rotatable bonds is 0. The molecule has 0 spiro atoms. The van der Waals surface area contributed by atoms with Crippen LogP contribution in [0.25, 0.3) is 0 Å². The lowest BCUT2D eigenvalue weighted by molar-refractivity contribution is 0.352. The second-order valence-corrected chi connectivity index (χ2v) is 1.28. The third-order valence-electron chi connectivity index (χ3n) is 0.687. The van der Waals surface area contributed by atoms with Gasteiger partial charge in [-0.2, -0.15) is 0 Å². The van der Waals surface area contributed by atoms with E-state index in [1.165, 1.54) is 6.26 Å². The highest BCUT2D eigenvalue weighted by atomic mass is 16.5. The lowest BCUT2D eigenvalue weighted by atomic mass is 10.7. The van der Waals surface area contributed by atoms with Crippen molar-refractivity contribution >= 4 is 0 Å². The predicted molar refractivity (Wildman–Crippen MR) is 25.8 cm³/mol. The first kappa shape index (κ1) is 4.24. The Bertz CT molecular complexity index is 94.6. The standard InChI is InChI=1S/C5H6NO/c1-6-2-4-7-5-3-6/h2,4-5H,1H3. The van der Waals surface area contributed by atoms with Crippen LogP contribution in [0.3, 0.4) is 0 Å². The second-order valence-electron chi connectivity index (χ2n) is 1.28. The molecule has 1 heterocycles. The van der Waals surface area contributed by atoms with Gasteiger partial charge in [-0.15, -0.1) is 0 Å². The molecule has 0 fully saturated rings. The molecule has 1 aliphatic rings. The zero-order valence-corrected chi connectivity index (χ0v) is 4.09. The molecule has 0 atom stereocenters. The van der Waals surface area contributed by atoms with Gasteiger partial charge >= 0.3 is 0 Å². The van der Waals surface area contributed by atoms with Crippen LogP contribution in [0.2, 0.25) is 0 Å². The van der Waals surface area contributed by atoms with Crippen LogP contribution in [-0.2, 0) is 4.74 Å². The molecule has 0 unspecified atom stereocenters. The summed E-state index contributed by atoms with van der Waals surface area (Å²) in [5.74, 6) is 0. The first-order valence-corrected chi connectivity index (χ1v) is 2.02. The Morgan fingerprint density at radius 3 is 2.86 bits per heavy atom. The van der Waals surface area contributed by atoms with Crippen molar-refractivity contribution in [2.75, 3.05) is 7.05 Å². The molecule has 0 saturated carbocycles. The Morgan fingerprint density at radius 1 is 1.71 bits per heavy atom. The van der Waals surface area contributed by atoms with Crippen LogP contribution in [0.15, 0.2) is 18.7 Å². The van der Waals surface area contributed by atoms with E-state index in [1.54, 1.807) is 17.4 Å². The van der Waals surface area contributed by atoms with Crippen LogP contribution in [0.1, 0.15) is 0 Å². The molecule has 7 heavy (non-hydrogen) atoms. The van der Waals surface area contributed by atoms with Crippen LogP contribution in [-0.4, -0.2) is 11.9 Å². The van der Waals surface area contributed by atoms with Crippen molar-refractivity contribution in [2.45, 2.75) is 0 Å². The molecule has 0 aliphatic carbocycles. The second kappa shape index (κ2) is 1.69. The number of ether oxygens (including phenoxy) is 1. The summed E-state index contributed by atoms with van der Waals surface area (Å²) in [6.45, 7) is 0. The van der Waals surface area contributed by atoms with E-state index in [0.717, 1.165) is 0 Å². The van der Waals surface area contributed by atoms with Gasteiger partial charge < -0.3 is 9.64 Å². The topological polar surface area (TPSA) is 12.5 Å². The highest BCUT2D eigenvalue weighted by Crippen LogP contribution is 1.92. The lowest BCUT2D eigenvalue weighted by Gasteiger charge is -2.07. The summed E-state index contributed by atoms with van der Waals surface area (Å²) >= 11 is 0. The summed E-state index contributed by atoms with van der Waals surface area (Å²) in [5, 5.41) is 0. The SMILES string of the molecule is CN1[C]=COC=C1. The highest BCUT2D eigenvalue weighted by Gasteiger charge is 1.86. The first-order valence-electron chi connectivity index (χ1n) is 2.02. The molecule has 1 radical (unpaired) electrons. The van der Waals surface area contributed by atoms with Crippen molar-refractivity contribution in [3.63, 3.8) is 0 Å². The molecule has 0 aromatic rings. The summed E-state index contributed by atoms with van der Waals surface area (Å²) in [6, 6.07) is 0. The Balaban J connectivity index is 2.49. The van der Waals surface area contributed by atoms with Gasteiger partial charge in [0, 0.05) is 13.2 Å². The lowest BCUT2D eigenvalue weighted by Crippen LogP contribution is -2.03. The van der Waals surface area contributed by atoms with Crippen LogP contribution >= 0.6 is 0 Å². The third kappa shape index (κ3) is 0.961. The summed E-state index contributed by atoms with van der Waals surface area (Å²) < 4.78 is 4.68. The normalized spacial score (nSPS) is 17.0. The molecule has 0 aromatic carbocycles. The van der Waals surface area contributed by atoms with Crippen molar-refractivity contribution in [1.82, 2.24) is 4.90 Å². The van der Waals surface area contributed by atoms with E-state index in [9.17, 15) is 0 Å². The number of hydrogen-bond acceptors (Lipinski definition) is 2. The maximum absolute atomic E-state index is 4.68. The Morgan fingerprint density at radius 2 is 2.57 bits per heavy atom. The molecule has 0 aromatic heterocycles. The third-order valence-corrected chi connectivity index (χ3v) is 0.687. The predicted octanol–water partition coefficient (Wildman–Crippen LogP) is 0.694. The molecule has 0 saturated heterocycles. The van der Waals surface area contributed by atoms with E-state index in [1.807, 2.05) is 7.05 Å². The van der Waals surface area contributed by atoms with Crippen molar-refractivity contribution < 1.29 is 4.74 Å². The van der Waals surface area contributed by atoms with Crippen molar-refractivity contribution in [3.05, 3.63) is 24.9 Å². The Labute approximate surface area is 42.7 Å². The smallest absolute Gasteiger partial charge is 0.116 e. The van der Waals surface area contributed by atoms with Crippen LogP contribution in [0.4, 0.5) is 0 Å². The monoisotopic (exact) mass is 96.0 g/mol. The molecular weight excluding hydrogens is 90.1 g/mol. The fourth-order valence-electron chi connectivity index (χ4n) is 0.322. The molecule has 0 amide bonds. The first-order chi connectivity index (χ1) is 3.39.